The van der Waals surface area contributed by atoms with Crippen LogP contribution in [0.1, 0.15) is 19.3 Å². The van der Waals surface area contributed by atoms with E-state index in [0.717, 1.165) is 12.8 Å². The molecule has 1 fully saturated rings. The average molecular weight is 160 g/mol. The summed E-state index contributed by atoms with van der Waals surface area (Å²) in [6.07, 6.45) is 0.376. The maximum atomic E-state index is 10.2. The van der Waals surface area contributed by atoms with Crippen molar-refractivity contribution in [3.63, 3.8) is 0 Å². The summed E-state index contributed by atoms with van der Waals surface area (Å²) in [5.74, 6) is -0.979. The molecule has 1 heterocycles. The largest absolute Gasteiger partial charge is 0.481 e. The lowest BCUT2D eigenvalue weighted by Gasteiger charge is -2.14. The van der Waals surface area contributed by atoms with E-state index < -0.39 is 12.1 Å². The number of carboxylic acids is 1. The van der Waals surface area contributed by atoms with Gasteiger partial charge in [0.15, 0.2) is 0 Å². The van der Waals surface area contributed by atoms with Crippen LogP contribution in [0.4, 0.5) is 0 Å². The summed E-state index contributed by atoms with van der Waals surface area (Å²) < 4.78 is 5.10. The summed E-state index contributed by atoms with van der Waals surface area (Å²) in [5.41, 5.74) is 0. The van der Waals surface area contributed by atoms with E-state index in [1.165, 1.54) is 0 Å². The molecule has 2 N–H and O–H groups in total. The Morgan fingerprint density at radius 2 is 2.45 bits per heavy atom. The van der Waals surface area contributed by atoms with E-state index in [-0.39, 0.29) is 12.5 Å². The number of aliphatic hydroxyl groups is 1. The van der Waals surface area contributed by atoms with Crippen molar-refractivity contribution >= 4 is 5.97 Å². The van der Waals surface area contributed by atoms with Gasteiger partial charge in [-0.2, -0.15) is 0 Å². The van der Waals surface area contributed by atoms with Crippen LogP contribution < -0.4 is 0 Å². The van der Waals surface area contributed by atoms with Crippen LogP contribution in [0, 0.1) is 0 Å². The lowest BCUT2D eigenvalue weighted by molar-refractivity contribution is -0.141. The summed E-state index contributed by atoms with van der Waals surface area (Å²) in [6.45, 7) is 0.640. The Balaban J connectivity index is 2.28. The van der Waals surface area contributed by atoms with E-state index in [2.05, 4.69) is 0 Å². The third-order valence-electron chi connectivity index (χ3n) is 1.78. The number of ether oxygens (including phenoxy) is 1. The Kier molecular flexibility index (Phi) is 2.84. The molecule has 11 heavy (non-hydrogen) atoms. The van der Waals surface area contributed by atoms with Crippen molar-refractivity contribution in [1.82, 2.24) is 0 Å². The van der Waals surface area contributed by atoms with Gasteiger partial charge in [0.25, 0.3) is 0 Å². The molecule has 0 amide bonds. The zero-order valence-corrected chi connectivity index (χ0v) is 6.19. The number of carbonyl (C=O) groups is 1. The topological polar surface area (TPSA) is 66.8 Å². The fraction of sp³-hybridized carbons (Fsp3) is 0.857. The summed E-state index contributed by atoms with van der Waals surface area (Å²) in [6, 6.07) is 0. The van der Waals surface area contributed by atoms with Gasteiger partial charge in [0.05, 0.1) is 18.6 Å². The Bertz CT molecular complexity index is 139. The van der Waals surface area contributed by atoms with E-state index in [9.17, 15) is 9.90 Å². The Morgan fingerprint density at radius 3 is 2.91 bits per heavy atom. The number of hydrogen-bond acceptors (Lipinski definition) is 3. The van der Waals surface area contributed by atoms with Crippen LogP contribution in [0.5, 0.6) is 0 Å². The molecule has 0 radical (unpaired) electrons. The van der Waals surface area contributed by atoms with E-state index >= 15 is 0 Å². The molecule has 0 bridgehead atoms. The quantitative estimate of drug-likeness (QED) is 0.610. The Morgan fingerprint density at radius 1 is 1.73 bits per heavy atom. The fourth-order valence-corrected chi connectivity index (χ4v) is 1.22. The van der Waals surface area contributed by atoms with E-state index in [1.807, 2.05) is 0 Å². The highest BCUT2D eigenvalue weighted by molar-refractivity contribution is 5.67. The van der Waals surface area contributed by atoms with Crippen molar-refractivity contribution in [3.05, 3.63) is 0 Å². The van der Waals surface area contributed by atoms with Gasteiger partial charge < -0.3 is 14.9 Å². The number of carboxylic acid groups (broad SMARTS) is 1. The highest BCUT2D eigenvalue weighted by atomic mass is 16.5. The first-order valence-corrected chi connectivity index (χ1v) is 3.71. The molecule has 0 spiro atoms. The third-order valence-corrected chi connectivity index (χ3v) is 1.78. The maximum Gasteiger partial charge on any atom is 0.306 e. The van der Waals surface area contributed by atoms with E-state index in [1.54, 1.807) is 0 Å². The first-order chi connectivity index (χ1) is 5.20. The van der Waals surface area contributed by atoms with Crippen LogP contribution in [0.3, 0.4) is 0 Å². The van der Waals surface area contributed by atoms with Crippen molar-refractivity contribution < 1.29 is 19.7 Å². The van der Waals surface area contributed by atoms with Gasteiger partial charge in [-0.15, -0.1) is 0 Å². The molecule has 0 aromatic carbocycles. The second kappa shape index (κ2) is 3.69. The standard InChI is InChI=1S/C7H12O4/c8-5(4-7(9)10)6-2-1-3-11-6/h5-6,8H,1-4H2,(H,9,10)/t5-,6?/m1/s1. The summed E-state index contributed by atoms with van der Waals surface area (Å²) in [5, 5.41) is 17.5. The lowest BCUT2D eigenvalue weighted by Crippen LogP contribution is -2.27. The van der Waals surface area contributed by atoms with Gasteiger partial charge in [-0.25, -0.2) is 0 Å². The maximum absolute atomic E-state index is 10.2. The molecule has 64 valence electrons. The van der Waals surface area contributed by atoms with Crippen LogP contribution in [0.25, 0.3) is 0 Å². The molecule has 4 nitrogen and oxygen atoms in total. The summed E-state index contributed by atoms with van der Waals surface area (Å²) in [4.78, 5) is 10.2. The molecule has 4 heteroatoms. The van der Waals surface area contributed by atoms with Crippen molar-refractivity contribution in [2.75, 3.05) is 6.61 Å². The van der Waals surface area contributed by atoms with Gasteiger partial charge in [-0.1, -0.05) is 0 Å². The summed E-state index contributed by atoms with van der Waals surface area (Å²) >= 11 is 0. The fourth-order valence-electron chi connectivity index (χ4n) is 1.22. The Labute approximate surface area is 64.8 Å². The molecule has 0 aromatic rings. The number of rotatable bonds is 3. The van der Waals surface area contributed by atoms with E-state index in [4.69, 9.17) is 9.84 Å². The van der Waals surface area contributed by atoms with Gasteiger partial charge in [0.1, 0.15) is 0 Å². The zero-order chi connectivity index (χ0) is 8.27. The van der Waals surface area contributed by atoms with Crippen molar-refractivity contribution in [2.24, 2.45) is 0 Å². The normalized spacial score (nSPS) is 26.8. The molecule has 1 rings (SSSR count). The molecule has 0 saturated carbocycles. The minimum Gasteiger partial charge on any atom is -0.481 e. The van der Waals surface area contributed by atoms with Crippen LogP contribution in [0.2, 0.25) is 0 Å². The number of hydrogen-bond donors (Lipinski definition) is 2. The molecule has 0 aliphatic carbocycles. The highest BCUT2D eigenvalue weighted by Gasteiger charge is 2.25. The van der Waals surface area contributed by atoms with Gasteiger partial charge >= 0.3 is 5.97 Å². The average Bonchev–Trinajstić information content (AvgIpc) is 2.35. The van der Waals surface area contributed by atoms with Crippen molar-refractivity contribution in [1.29, 1.82) is 0 Å². The molecule has 1 unspecified atom stereocenters. The van der Waals surface area contributed by atoms with Crippen LogP contribution in [0.15, 0.2) is 0 Å². The predicted octanol–water partition coefficient (Wildman–Crippen LogP) is 0.00100. The SMILES string of the molecule is O=C(O)C[C@@H](O)C1CCCO1. The second-order valence-corrected chi connectivity index (χ2v) is 2.72. The molecule has 1 aliphatic rings. The van der Waals surface area contributed by atoms with Crippen LogP contribution in [-0.2, 0) is 9.53 Å². The Hall–Kier alpha value is -0.610. The zero-order valence-electron chi connectivity index (χ0n) is 6.19. The molecule has 1 aliphatic heterocycles. The van der Waals surface area contributed by atoms with Gasteiger partial charge in [0, 0.05) is 6.61 Å². The molecule has 2 atom stereocenters. The lowest BCUT2D eigenvalue weighted by atomic mass is 10.1. The number of aliphatic hydroxyl groups excluding tert-OH is 1. The van der Waals surface area contributed by atoms with Crippen molar-refractivity contribution in [2.45, 2.75) is 31.5 Å². The molecule has 1 saturated heterocycles. The second-order valence-electron chi connectivity index (χ2n) is 2.72. The van der Waals surface area contributed by atoms with Crippen LogP contribution in [-0.4, -0.2) is 35.0 Å². The molecular weight excluding hydrogens is 148 g/mol. The third kappa shape index (κ3) is 2.48. The first kappa shape index (κ1) is 8.49. The summed E-state index contributed by atoms with van der Waals surface area (Å²) in [7, 11) is 0. The first-order valence-electron chi connectivity index (χ1n) is 3.71. The van der Waals surface area contributed by atoms with Gasteiger partial charge in [-0.05, 0) is 12.8 Å². The molecular formula is C7H12O4. The highest BCUT2D eigenvalue weighted by Crippen LogP contribution is 2.17. The predicted molar refractivity (Wildman–Crippen MR) is 37.2 cm³/mol. The smallest absolute Gasteiger partial charge is 0.306 e. The van der Waals surface area contributed by atoms with Gasteiger partial charge in [-0.3, -0.25) is 4.79 Å². The number of aliphatic carboxylic acids is 1. The van der Waals surface area contributed by atoms with E-state index in [0.29, 0.717) is 6.61 Å². The van der Waals surface area contributed by atoms with Crippen molar-refractivity contribution in [3.8, 4) is 0 Å². The monoisotopic (exact) mass is 160 g/mol. The van der Waals surface area contributed by atoms with Crippen LogP contribution >= 0.6 is 0 Å². The molecule has 0 aromatic heterocycles. The minimum atomic E-state index is -0.979. The minimum absolute atomic E-state index is 0.218. The van der Waals surface area contributed by atoms with Gasteiger partial charge in [0.2, 0.25) is 0 Å².